The molecule has 0 amide bonds. The summed E-state index contributed by atoms with van der Waals surface area (Å²) >= 11 is 1.82. The molecule has 0 atom stereocenters. The zero-order chi connectivity index (χ0) is 17.6. The highest BCUT2D eigenvalue weighted by Crippen LogP contribution is 2.52. The number of nitrogens with zero attached hydrogens (tertiary/aromatic N) is 4. The van der Waals surface area contributed by atoms with Crippen LogP contribution >= 0.6 is 11.3 Å². The van der Waals surface area contributed by atoms with Gasteiger partial charge < -0.3 is 9.80 Å². The maximum atomic E-state index is 4.66. The smallest absolute Gasteiger partial charge is 0.140 e. The van der Waals surface area contributed by atoms with E-state index >= 15 is 0 Å². The lowest BCUT2D eigenvalue weighted by Crippen LogP contribution is -2.45. The maximum Gasteiger partial charge on any atom is 0.140 e. The van der Waals surface area contributed by atoms with E-state index in [1.807, 2.05) is 11.3 Å². The van der Waals surface area contributed by atoms with Crippen LogP contribution in [0.1, 0.15) is 44.9 Å². The Bertz CT molecular complexity index is 747. The second-order valence-electron chi connectivity index (χ2n) is 8.46. The van der Waals surface area contributed by atoms with Crippen LogP contribution in [0.4, 0.5) is 5.82 Å². The molecule has 0 N–H and O–H groups in total. The minimum Gasteiger partial charge on any atom is -0.355 e. The molecule has 3 heterocycles. The van der Waals surface area contributed by atoms with Crippen molar-refractivity contribution in [2.24, 2.45) is 11.3 Å². The van der Waals surface area contributed by atoms with Crippen LogP contribution in [-0.2, 0) is 6.42 Å². The molecule has 1 saturated heterocycles. The van der Waals surface area contributed by atoms with Gasteiger partial charge in [0.1, 0.15) is 17.0 Å². The molecule has 1 spiro atoms. The monoisotopic (exact) mass is 358 g/mol. The highest BCUT2D eigenvalue weighted by atomic mass is 32.1. The highest BCUT2D eigenvalue weighted by Gasteiger charge is 2.48. The van der Waals surface area contributed by atoms with Crippen LogP contribution in [0, 0.1) is 11.3 Å². The van der Waals surface area contributed by atoms with E-state index in [1.54, 1.807) is 6.33 Å². The van der Waals surface area contributed by atoms with Crippen molar-refractivity contribution in [1.82, 2.24) is 14.9 Å². The first-order chi connectivity index (χ1) is 12.0. The Labute approximate surface area is 155 Å². The van der Waals surface area contributed by atoms with Gasteiger partial charge in [-0.15, -0.1) is 11.3 Å². The van der Waals surface area contributed by atoms with Crippen molar-refractivity contribution >= 4 is 27.4 Å². The van der Waals surface area contributed by atoms with Crippen LogP contribution < -0.4 is 4.90 Å². The topological polar surface area (TPSA) is 32.3 Å². The Morgan fingerprint density at radius 2 is 2.16 bits per heavy atom. The zero-order valence-corrected chi connectivity index (χ0v) is 16.8. The Balaban J connectivity index is 1.45. The van der Waals surface area contributed by atoms with Gasteiger partial charge in [-0.05, 0) is 64.0 Å². The molecule has 0 aromatic carbocycles. The fraction of sp³-hybridized carbons (Fsp3) is 0.700. The van der Waals surface area contributed by atoms with Crippen molar-refractivity contribution in [1.29, 1.82) is 0 Å². The molecular weight excluding hydrogens is 328 g/mol. The zero-order valence-electron chi connectivity index (χ0n) is 16.0. The molecule has 136 valence electrons. The lowest BCUT2D eigenvalue weighted by molar-refractivity contribution is 0.0471. The van der Waals surface area contributed by atoms with Gasteiger partial charge in [-0.2, -0.15) is 0 Å². The molecule has 4 rings (SSSR count). The molecule has 0 unspecified atom stereocenters. The summed E-state index contributed by atoms with van der Waals surface area (Å²) in [5.41, 5.74) is 0.545. The lowest BCUT2D eigenvalue weighted by Gasteiger charge is -2.47. The number of rotatable bonds is 5. The van der Waals surface area contributed by atoms with Crippen LogP contribution in [0.5, 0.6) is 0 Å². The fourth-order valence-corrected chi connectivity index (χ4v) is 5.61. The van der Waals surface area contributed by atoms with Crippen LogP contribution in [0.2, 0.25) is 0 Å². The van der Waals surface area contributed by atoms with Crippen molar-refractivity contribution < 1.29 is 0 Å². The van der Waals surface area contributed by atoms with Gasteiger partial charge in [0, 0.05) is 30.6 Å². The molecule has 2 aromatic heterocycles. The number of hydrogen-bond donors (Lipinski definition) is 0. The van der Waals surface area contributed by atoms with Gasteiger partial charge in [0.25, 0.3) is 0 Å². The third-order valence-corrected chi connectivity index (χ3v) is 7.50. The molecule has 25 heavy (non-hydrogen) atoms. The minimum absolute atomic E-state index is 0.545. The Morgan fingerprint density at radius 1 is 1.36 bits per heavy atom. The number of thiophene rings is 1. The second kappa shape index (κ2) is 6.51. The van der Waals surface area contributed by atoms with Crippen molar-refractivity contribution in [3.05, 3.63) is 17.3 Å². The Morgan fingerprint density at radius 3 is 2.88 bits per heavy atom. The molecule has 2 aromatic rings. The second-order valence-corrected chi connectivity index (χ2v) is 9.58. The fourth-order valence-electron chi connectivity index (χ4n) is 4.68. The van der Waals surface area contributed by atoms with Crippen LogP contribution in [0.25, 0.3) is 10.2 Å². The molecule has 1 aliphatic carbocycles. The standard InChI is InChI=1S/C20H30N4S/c1-5-16-8-17-18(21-13-22-19(17)25-16)24-7-6-20(12-24)9-15(10-20)11-23(4)14(2)3/h8,13-15H,5-7,9-12H2,1-4H3. The molecule has 1 saturated carbocycles. The average molecular weight is 359 g/mol. The first-order valence-corrected chi connectivity index (χ1v) is 10.5. The highest BCUT2D eigenvalue weighted by molar-refractivity contribution is 7.18. The summed E-state index contributed by atoms with van der Waals surface area (Å²) in [7, 11) is 2.26. The van der Waals surface area contributed by atoms with Gasteiger partial charge in [-0.1, -0.05) is 6.92 Å². The van der Waals surface area contributed by atoms with Gasteiger partial charge in [0.05, 0.1) is 5.39 Å². The molecule has 1 aliphatic heterocycles. The normalized spacial score (nSPS) is 26.3. The summed E-state index contributed by atoms with van der Waals surface area (Å²) in [5.74, 6) is 2.05. The van der Waals surface area contributed by atoms with Gasteiger partial charge >= 0.3 is 0 Å². The molecule has 5 heteroatoms. The summed E-state index contributed by atoms with van der Waals surface area (Å²) in [6, 6.07) is 2.96. The van der Waals surface area contributed by atoms with Crippen LogP contribution in [0.15, 0.2) is 12.4 Å². The number of fused-ring (bicyclic) bond motifs is 1. The number of aromatic nitrogens is 2. The molecular formula is C20H30N4S. The molecule has 4 nitrogen and oxygen atoms in total. The van der Waals surface area contributed by atoms with E-state index in [9.17, 15) is 0 Å². The van der Waals surface area contributed by atoms with Gasteiger partial charge in [0.15, 0.2) is 0 Å². The van der Waals surface area contributed by atoms with E-state index in [2.05, 4.69) is 53.7 Å². The molecule has 0 bridgehead atoms. The van der Waals surface area contributed by atoms with Crippen molar-refractivity contribution in [2.75, 3.05) is 31.6 Å². The summed E-state index contributed by atoms with van der Waals surface area (Å²) in [5, 5.41) is 1.26. The molecule has 2 fully saturated rings. The number of anilines is 1. The van der Waals surface area contributed by atoms with E-state index in [0.29, 0.717) is 11.5 Å². The van der Waals surface area contributed by atoms with E-state index in [-0.39, 0.29) is 0 Å². The van der Waals surface area contributed by atoms with E-state index in [0.717, 1.165) is 23.7 Å². The third kappa shape index (κ3) is 3.17. The van der Waals surface area contributed by atoms with Gasteiger partial charge in [-0.25, -0.2) is 9.97 Å². The quantitative estimate of drug-likeness (QED) is 0.802. The Hall–Kier alpha value is -1.20. The van der Waals surface area contributed by atoms with Crippen molar-refractivity contribution in [2.45, 2.75) is 52.5 Å². The van der Waals surface area contributed by atoms with Crippen molar-refractivity contribution in [3.8, 4) is 0 Å². The molecule has 0 radical (unpaired) electrons. The summed E-state index contributed by atoms with van der Waals surface area (Å²) in [4.78, 5) is 16.7. The molecule has 2 aliphatic rings. The Kier molecular flexibility index (Phi) is 4.49. The third-order valence-electron chi connectivity index (χ3n) is 6.32. The van der Waals surface area contributed by atoms with Crippen LogP contribution in [0.3, 0.4) is 0 Å². The van der Waals surface area contributed by atoms with Crippen molar-refractivity contribution in [3.63, 3.8) is 0 Å². The summed E-state index contributed by atoms with van der Waals surface area (Å²) in [6.45, 7) is 10.4. The van der Waals surface area contributed by atoms with Crippen LogP contribution in [-0.4, -0.2) is 47.6 Å². The predicted molar refractivity (Wildman–Crippen MR) is 107 cm³/mol. The summed E-state index contributed by atoms with van der Waals surface area (Å²) in [6.07, 6.45) is 6.93. The maximum absolute atomic E-state index is 4.66. The van der Waals surface area contributed by atoms with E-state index in [1.165, 1.54) is 48.4 Å². The van der Waals surface area contributed by atoms with E-state index in [4.69, 9.17) is 0 Å². The number of hydrogen-bond acceptors (Lipinski definition) is 5. The lowest BCUT2D eigenvalue weighted by atomic mass is 9.61. The van der Waals surface area contributed by atoms with Gasteiger partial charge in [0.2, 0.25) is 0 Å². The SMILES string of the molecule is CCc1cc2c(N3CCC4(CC(CN(C)C(C)C)C4)C3)ncnc2s1. The first-order valence-electron chi connectivity index (χ1n) is 9.68. The largest absolute Gasteiger partial charge is 0.355 e. The first kappa shape index (κ1) is 17.2. The van der Waals surface area contributed by atoms with Gasteiger partial charge in [-0.3, -0.25) is 0 Å². The average Bonchev–Trinajstić information content (AvgIpc) is 3.17. The van der Waals surface area contributed by atoms with E-state index < -0.39 is 0 Å². The minimum atomic E-state index is 0.545. The summed E-state index contributed by atoms with van der Waals surface area (Å²) < 4.78 is 0. The predicted octanol–water partition coefficient (Wildman–Crippen LogP) is 4.20. The number of aryl methyl sites for hydroxylation is 1.